The molecule has 1 aliphatic rings. The third-order valence-corrected chi connectivity index (χ3v) is 4.25. The predicted molar refractivity (Wildman–Crippen MR) is 90.8 cm³/mol. The number of carbonyl (C=O) groups is 1. The van der Waals surface area contributed by atoms with Crippen LogP contribution in [-0.4, -0.2) is 67.8 Å². The van der Waals surface area contributed by atoms with Crippen molar-refractivity contribution in [2.45, 2.75) is 6.42 Å². The Labute approximate surface area is 142 Å². The summed E-state index contributed by atoms with van der Waals surface area (Å²) in [5, 5.41) is 10.1. The fraction of sp³-hybridized carbons (Fsp3) is 0.588. The van der Waals surface area contributed by atoms with E-state index in [2.05, 4.69) is 4.90 Å². The van der Waals surface area contributed by atoms with Crippen LogP contribution in [0.3, 0.4) is 0 Å². The van der Waals surface area contributed by atoms with Gasteiger partial charge in [-0.2, -0.15) is 0 Å². The van der Waals surface area contributed by atoms with E-state index in [-0.39, 0.29) is 25.0 Å². The van der Waals surface area contributed by atoms with Gasteiger partial charge in [0.1, 0.15) is 5.75 Å². The minimum atomic E-state index is -0.0492. The summed E-state index contributed by atoms with van der Waals surface area (Å²) in [4.78, 5) is 16.4. The highest BCUT2D eigenvalue weighted by atomic mass is 35.5. The zero-order valence-corrected chi connectivity index (χ0v) is 14.5. The maximum atomic E-state index is 12.4. The number of benzene rings is 1. The van der Waals surface area contributed by atoms with Crippen LogP contribution in [0.4, 0.5) is 0 Å². The number of ether oxygens (including phenoxy) is 1. The molecule has 1 fully saturated rings. The largest absolute Gasteiger partial charge is 0.484 e. The molecule has 0 radical (unpaired) electrons. The van der Waals surface area contributed by atoms with Crippen molar-refractivity contribution in [1.82, 2.24) is 9.80 Å². The lowest BCUT2D eigenvalue weighted by atomic mass is 9.89. The first-order chi connectivity index (χ1) is 11.0. The molecule has 2 atom stereocenters. The topological polar surface area (TPSA) is 53.0 Å². The lowest BCUT2D eigenvalue weighted by Gasteiger charge is -2.38. The second-order valence-corrected chi connectivity index (χ2v) is 6.89. The Morgan fingerprint density at radius 1 is 1.39 bits per heavy atom. The van der Waals surface area contributed by atoms with Crippen molar-refractivity contribution in [2.24, 2.45) is 11.8 Å². The average Bonchev–Trinajstić information content (AvgIpc) is 2.51. The van der Waals surface area contributed by atoms with Gasteiger partial charge in [-0.3, -0.25) is 4.79 Å². The van der Waals surface area contributed by atoms with Crippen LogP contribution >= 0.6 is 11.6 Å². The first-order valence-corrected chi connectivity index (χ1v) is 8.27. The summed E-state index contributed by atoms with van der Waals surface area (Å²) in [6.45, 7) is 2.33. The first kappa shape index (κ1) is 18.0. The van der Waals surface area contributed by atoms with Crippen LogP contribution in [0, 0.1) is 11.8 Å². The van der Waals surface area contributed by atoms with Gasteiger partial charge < -0.3 is 19.6 Å². The standard InChI is InChI=1S/C17H25ClN2O3/c1-19(2)8-13-6-14(11-21)10-20(9-13)17(22)12-23-16-5-3-4-15(18)7-16/h3-5,7,13-14,21H,6,8-12H2,1-2H3/t13-,14-/m1/s1. The molecule has 0 aliphatic carbocycles. The van der Waals surface area contributed by atoms with Crippen molar-refractivity contribution < 1.29 is 14.6 Å². The third-order valence-electron chi connectivity index (χ3n) is 4.02. The van der Waals surface area contributed by atoms with Gasteiger partial charge in [0.05, 0.1) is 0 Å². The van der Waals surface area contributed by atoms with Crippen LogP contribution in [-0.2, 0) is 4.79 Å². The van der Waals surface area contributed by atoms with Gasteiger partial charge in [0, 0.05) is 31.3 Å². The number of halogens is 1. The summed E-state index contributed by atoms with van der Waals surface area (Å²) in [6, 6.07) is 7.02. The van der Waals surface area contributed by atoms with E-state index in [4.69, 9.17) is 16.3 Å². The molecule has 0 unspecified atom stereocenters. The zero-order valence-electron chi connectivity index (χ0n) is 13.7. The maximum Gasteiger partial charge on any atom is 0.260 e. The normalized spacial score (nSPS) is 21.5. The molecular weight excluding hydrogens is 316 g/mol. The van der Waals surface area contributed by atoms with Crippen LogP contribution in [0.2, 0.25) is 5.02 Å². The maximum absolute atomic E-state index is 12.4. The van der Waals surface area contributed by atoms with Crippen LogP contribution in [0.15, 0.2) is 24.3 Å². The smallest absolute Gasteiger partial charge is 0.260 e. The van der Waals surface area contributed by atoms with Crippen LogP contribution in [0.1, 0.15) is 6.42 Å². The molecule has 0 bridgehead atoms. The summed E-state index contributed by atoms with van der Waals surface area (Å²) >= 11 is 5.91. The number of aliphatic hydroxyl groups excluding tert-OH is 1. The van der Waals surface area contributed by atoms with Crippen molar-refractivity contribution in [1.29, 1.82) is 0 Å². The van der Waals surface area contributed by atoms with Crippen molar-refractivity contribution in [3.8, 4) is 5.75 Å². The van der Waals surface area contributed by atoms with E-state index in [0.29, 0.717) is 29.8 Å². The summed E-state index contributed by atoms with van der Waals surface area (Å²) in [5.74, 6) is 1.06. The van der Waals surface area contributed by atoms with Gasteiger partial charge >= 0.3 is 0 Å². The van der Waals surface area contributed by atoms with Gasteiger partial charge in [0.25, 0.3) is 5.91 Å². The molecule has 5 nitrogen and oxygen atoms in total. The number of hydrogen-bond donors (Lipinski definition) is 1. The summed E-state index contributed by atoms with van der Waals surface area (Å²) < 4.78 is 5.54. The highest BCUT2D eigenvalue weighted by Crippen LogP contribution is 2.23. The molecule has 0 saturated carbocycles. The monoisotopic (exact) mass is 340 g/mol. The molecule has 1 heterocycles. The number of piperidine rings is 1. The molecule has 0 aromatic heterocycles. The van der Waals surface area contributed by atoms with E-state index < -0.39 is 0 Å². The number of hydrogen-bond acceptors (Lipinski definition) is 4. The van der Waals surface area contributed by atoms with Crippen LogP contribution in [0.25, 0.3) is 0 Å². The minimum Gasteiger partial charge on any atom is -0.484 e. The fourth-order valence-electron chi connectivity index (χ4n) is 3.10. The van der Waals surface area contributed by atoms with Gasteiger partial charge in [-0.15, -0.1) is 0 Å². The van der Waals surface area contributed by atoms with Crippen LogP contribution < -0.4 is 4.74 Å². The van der Waals surface area contributed by atoms with E-state index in [9.17, 15) is 9.90 Å². The lowest BCUT2D eigenvalue weighted by molar-refractivity contribution is -0.136. The Balaban J connectivity index is 1.91. The Hall–Kier alpha value is -1.30. The SMILES string of the molecule is CN(C)C[C@H]1C[C@@H](CO)CN(C(=O)COc2cccc(Cl)c2)C1. The molecule has 6 heteroatoms. The molecule has 1 saturated heterocycles. The Morgan fingerprint density at radius 2 is 2.13 bits per heavy atom. The Kier molecular flexibility index (Phi) is 6.69. The molecule has 1 aliphatic heterocycles. The van der Waals surface area contributed by atoms with Crippen molar-refractivity contribution in [3.05, 3.63) is 29.3 Å². The molecule has 2 rings (SSSR count). The second-order valence-electron chi connectivity index (χ2n) is 6.46. The van der Waals surface area contributed by atoms with Crippen LogP contribution in [0.5, 0.6) is 5.75 Å². The molecule has 1 N–H and O–H groups in total. The van der Waals surface area contributed by atoms with E-state index in [1.54, 1.807) is 24.3 Å². The average molecular weight is 341 g/mol. The Morgan fingerprint density at radius 3 is 2.78 bits per heavy atom. The second kappa shape index (κ2) is 8.52. The number of likely N-dealkylation sites (tertiary alicyclic amines) is 1. The van der Waals surface area contributed by atoms with E-state index in [1.165, 1.54) is 0 Å². The first-order valence-electron chi connectivity index (χ1n) is 7.89. The van der Waals surface area contributed by atoms with Gasteiger partial charge in [-0.05, 0) is 50.6 Å². The van der Waals surface area contributed by atoms with E-state index in [0.717, 1.165) is 13.0 Å². The minimum absolute atomic E-state index is 0.00677. The fourth-order valence-corrected chi connectivity index (χ4v) is 3.28. The predicted octanol–water partition coefficient (Wildman–Crippen LogP) is 1.74. The summed E-state index contributed by atoms with van der Waals surface area (Å²) in [6.07, 6.45) is 0.952. The van der Waals surface area contributed by atoms with Crippen molar-refractivity contribution in [2.75, 3.05) is 46.9 Å². The van der Waals surface area contributed by atoms with E-state index in [1.807, 2.05) is 19.0 Å². The Bertz CT molecular complexity index is 524. The van der Waals surface area contributed by atoms with Gasteiger partial charge in [0.2, 0.25) is 0 Å². The molecule has 1 amide bonds. The number of amides is 1. The number of nitrogens with zero attached hydrogens (tertiary/aromatic N) is 2. The van der Waals surface area contributed by atoms with Gasteiger partial charge in [0.15, 0.2) is 6.61 Å². The summed E-state index contributed by atoms with van der Waals surface area (Å²) in [5.41, 5.74) is 0. The van der Waals surface area contributed by atoms with Gasteiger partial charge in [-0.1, -0.05) is 17.7 Å². The quantitative estimate of drug-likeness (QED) is 0.857. The third kappa shape index (κ3) is 5.68. The van der Waals surface area contributed by atoms with Gasteiger partial charge in [-0.25, -0.2) is 0 Å². The highest BCUT2D eigenvalue weighted by Gasteiger charge is 2.30. The lowest BCUT2D eigenvalue weighted by Crippen LogP contribution is -2.48. The van der Waals surface area contributed by atoms with Crippen molar-refractivity contribution in [3.63, 3.8) is 0 Å². The molecular formula is C17H25ClN2O3. The molecule has 23 heavy (non-hydrogen) atoms. The zero-order chi connectivity index (χ0) is 16.8. The number of carbonyl (C=O) groups excluding carboxylic acids is 1. The molecule has 1 aromatic rings. The highest BCUT2D eigenvalue weighted by molar-refractivity contribution is 6.30. The molecule has 128 valence electrons. The molecule has 1 aromatic carbocycles. The van der Waals surface area contributed by atoms with E-state index >= 15 is 0 Å². The number of rotatable bonds is 6. The number of aliphatic hydroxyl groups is 1. The van der Waals surface area contributed by atoms with Crippen molar-refractivity contribution >= 4 is 17.5 Å². The summed E-state index contributed by atoms with van der Waals surface area (Å²) in [7, 11) is 4.05. The molecule has 0 spiro atoms.